The average Bonchev–Trinajstić information content (AvgIpc) is 3.48. The summed E-state index contributed by atoms with van der Waals surface area (Å²) in [5, 5.41) is 4.97. The topological polar surface area (TPSA) is 75.4 Å². The van der Waals surface area contributed by atoms with Crippen LogP contribution < -0.4 is 5.32 Å². The third-order valence-electron chi connectivity index (χ3n) is 5.01. The molecule has 1 aliphatic rings. The third-order valence-corrected chi connectivity index (χ3v) is 5.90. The van der Waals surface area contributed by atoms with Crippen molar-refractivity contribution in [2.24, 2.45) is 0 Å². The second-order valence-corrected chi connectivity index (χ2v) is 8.12. The zero-order valence-electron chi connectivity index (χ0n) is 16.0. The highest BCUT2D eigenvalue weighted by Gasteiger charge is 2.25. The first-order chi connectivity index (χ1) is 14.2. The van der Waals surface area contributed by atoms with Gasteiger partial charge in [0.1, 0.15) is 11.5 Å². The van der Waals surface area contributed by atoms with Gasteiger partial charge in [-0.15, -0.1) is 11.3 Å². The van der Waals surface area contributed by atoms with Crippen LogP contribution in [0.1, 0.15) is 30.6 Å². The van der Waals surface area contributed by atoms with E-state index in [2.05, 4.69) is 10.3 Å². The number of pyridine rings is 1. The number of hydrogen-bond acceptors (Lipinski definition) is 5. The number of carbonyl (C=O) groups is 2. The number of carbonyl (C=O) groups excluding carboxylic acids is 2. The minimum Gasteiger partial charge on any atom is -0.460 e. The van der Waals surface area contributed by atoms with Crippen molar-refractivity contribution in [2.75, 3.05) is 6.54 Å². The predicted octanol–water partition coefficient (Wildman–Crippen LogP) is 3.64. The molecule has 0 bridgehead atoms. The minimum atomic E-state index is 0.0160. The maximum Gasteiger partial charge on any atom is 0.223 e. The molecular formula is C22H23N3O3S. The van der Waals surface area contributed by atoms with Crippen molar-refractivity contribution in [1.82, 2.24) is 15.2 Å². The maximum atomic E-state index is 13.0. The van der Waals surface area contributed by atoms with Crippen molar-refractivity contribution in [1.29, 1.82) is 0 Å². The van der Waals surface area contributed by atoms with E-state index in [1.807, 2.05) is 46.7 Å². The average molecular weight is 410 g/mol. The van der Waals surface area contributed by atoms with Crippen LogP contribution in [-0.2, 0) is 22.6 Å². The summed E-state index contributed by atoms with van der Waals surface area (Å²) in [4.78, 5) is 31.5. The molecular weight excluding hydrogens is 386 g/mol. The molecule has 7 heteroatoms. The van der Waals surface area contributed by atoms with Gasteiger partial charge in [-0.1, -0.05) is 6.07 Å². The fraction of sp³-hybridized carbons (Fsp3) is 0.318. The summed E-state index contributed by atoms with van der Waals surface area (Å²) in [5.41, 5.74) is 1.02. The molecule has 0 aliphatic carbocycles. The van der Waals surface area contributed by atoms with Crippen molar-refractivity contribution in [3.63, 3.8) is 0 Å². The molecule has 3 aromatic heterocycles. The monoisotopic (exact) mass is 409 g/mol. The Labute approximate surface area is 173 Å². The van der Waals surface area contributed by atoms with Crippen molar-refractivity contribution in [3.05, 3.63) is 65.5 Å². The standard InChI is InChI=1S/C22H23N3O3S/c26-21-7-3-17(24-21)15-25(14-16-9-11-23-12-10-16)22(27)8-5-18-4-6-19(28-18)20-2-1-13-29-20/h1-2,4,6,9-13,17H,3,5,7-8,14-15H2,(H,24,26)/t17-/m0/s1. The molecule has 1 atom stereocenters. The molecule has 0 saturated carbocycles. The lowest BCUT2D eigenvalue weighted by atomic mass is 10.1. The number of thiophene rings is 1. The van der Waals surface area contributed by atoms with Gasteiger partial charge in [0.15, 0.2) is 0 Å². The van der Waals surface area contributed by atoms with E-state index in [1.54, 1.807) is 23.7 Å². The normalized spacial score (nSPS) is 16.0. The molecule has 6 nitrogen and oxygen atoms in total. The van der Waals surface area contributed by atoms with Crippen LogP contribution in [0.25, 0.3) is 10.6 Å². The highest BCUT2D eigenvalue weighted by atomic mass is 32.1. The third kappa shape index (κ3) is 5.12. The van der Waals surface area contributed by atoms with Gasteiger partial charge in [0, 0.05) is 50.8 Å². The summed E-state index contributed by atoms with van der Waals surface area (Å²) in [6, 6.07) is 11.7. The smallest absolute Gasteiger partial charge is 0.223 e. The summed E-state index contributed by atoms with van der Waals surface area (Å²) in [6.45, 7) is 1.03. The van der Waals surface area contributed by atoms with E-state index in [0.717, 1.165) is 28.4 Å². The molecule has 1 N–H and O–H groups in total. The van der Waals surface area contributed by atoms with Crippen LogP contribution in [0.5, 0.6) is 0 Å². The van der Waals surface area contributed by atoms with Crippen LogP contribution in [0, 0.1) is 0 Å². The largest absolute Gasteiger partial charge is 0.460 e. The molecule has 0 aromatic carbocycles. The second kappa shape index (κ2) is 9.05. The van der Waals surface area contributed by atoms with E-state index in [1.165, 1.54) is 0 Å². The van der Waals surface area contributed by atoms with Crippen LogP contribution in [-0.4, -0.2) is 34.3 Å². The Morgan fingerprint density at radius 3 is 2.83 bits per heavy atom. The van der Waals surface area contributed by atoms with Gasteiger partial charge in [0.05, 0.1) is 4.88 Å². The molecule has 4 rings (SSSR count). The molecule has 0 spiro atoms. The number of aryl methyl sites for hydroxylation is 1. The van der Waals surface area contributed by atoms with Gasteiger partial charge >= 0.3 is 0 Å². The Kier molecular flexibility index (Phi) is 6.05. The minimum absolute atomic E-state index is 0.0160. The lowest BCUT2D eigenvalue weighted by Crippen LogP contribution is -2.41. The molecule has 0 radical (unpaired) electrons. The lowest BCUT2D eigenvalue weighted by molar-refractivity contribution is -0.132. The van der Waals surface area contributed by atoms with E-state index in [-0.39, 0.29) is 17.9 Å². The fourth-order valence-corrected chi connectivity index (χ4v) is 4.18. The number of amides is 2. The SMILES string of the molecule is O=C1CC[C@@H](CN(Cc2ccncc2)C(=O)CCc2ccc(-c3cccs3)o2)N1. The quantitative estimate of drug-likeness (QED) is 0.616. The van der Waals surface area contributed by atoms with Gasteiger partial charge in [-0.25, -0.2) is 0 Å². The first kappa shape index (κ1) is 19.4. The summed E-state index contributed by atoms with van der Waals surface area (Å²) in [5.74, 6) is 1.75. The summed E-state index contributed by atoms with van der Waals surface area (Å²) in [7, 11) is 0. The Hall–Kier alpha value is -2.93. The van der Waals surface area contributed by atoms with Crippen LogP contribution in [0.15, 0.2) is 58.6 Å². The van der Waals surface area contributed by atoms with E-state index in [9.17, 15) is 9.59 Å². The van der Waals surface area contributed by atoms with Crippen molar-refractivity contribution in [2.45, 2.75) is 38.3 Å². The number of rotatable bonds is 8. The van der Waals surface area contributed by atoms with Crippen LogP contribution >= 0.6 is 11.3 Å². The summed E-state index contributed by atoms with van der Waals surface area (Å²) >= 11 is 1.63. The predicted molar refractivity (Wildman–Crippen MR) is 111 cm³/mol. The van der Waals surface area contributed by atoms with Crippen molar-refractivity contribution < 1.29 is 14.0 Å². The lowest BCUT2D eigenvalue weighted by Gasteiger charge is -2.26. The van der Waals surface area contributed by atoms with Crippen molar-refractivity contribution >= 4 is 23.2 Å². The Morgan fingerprint density at radius 1 is 1.24 bits per heavy atom. The number of nitrogens with zero attached hydrogens (tertiary/aromatic N) is 2. The number of nitrogens with one attached hydrogen (secondary N) is 1. The van der Waals surface area contributed by atoms with E-state index in [0.29, 0.717) is 32.4 Å². The fourth-order valence-electron chi connectivity index (χ4n) is 3.50. The molecule has 0 unspecified atom stereocenters. The molecule has 1 aliphatic heterocycles. The van der Waals surface area contributed by atoms with Gasteiger partial charge in [-0.2, -0.15) is 0 Å². The molecule has 3 aromatic rings. The number of hydrogen-bond donors (Lipinski definition) is 1. The second-order valence-electron chi connectivity index (χ2n) is 7.18. The maximum absolute atomic E-state index is 13.0. The Morgan fingerprint density at radius 2 is 2.10 bits per heavy atom. The van der Waals surface area contributed by atoms with E-state index < -0.39 is 0 Å². The first-order valence-corrected chi connectivity index (χ1v) is 10.6. The molecule has 150 valence electrons. The summed E-state index contributed by atoms with van der Waals surface area (Å²) < 4.78 is 5.90. The van der Waals surface area contributed by atoms with E-state index >= 15 is 0 Å². The molecule has 29 heavy (non-hydrogen) atoms. The molecule has 1 fully saturated rings. The van der Waals surface area contributed by atoms with Crippen molar-refractivity contribution in [3.8, 4) is 10.6 Å². The van der Waals surface area contributed by atoms with Gasteiger partial charge < -0.3 is 14.6 Å². The van der Waals surface area contributed by atoms with Crippen LogP contribution in [0.2, 0.25) is 0 Å². The number of furan rings is 1. The zero-order chi connectivity index (χ0) is 20.1. The summed E-state index contributed by atoms with van der Waals surface area (Å²) in [6.07, 6.45) is 5.66. The number of aromatic nitrogens is 1. The molecule has 4 heterocycles. The highest BCUT2D eigenvalue weighted by molar-refractivity contribution is 7.13. The van der Waals surface area contributed by atoms with Crippen LogP contribution in [0.4, 0.5) is 0 Å². The Bertz CT molecular complexity index is 953. The van der Waals surface area contributed by atoms with Gasteiger partial charge in [-0.3, -0.25) is 14.6 Å². The van der Waals surface area contributed by atoms with Crippen LogP contribution in [0.3, 0.4) is 0 Å². The van der Waals surface area contributed by atoms with Gasteiger partial charge in [0.25, 0.3) is 0 Å². The molecule has 1 saturated heterocycles. The first-order valence-electron chi connectivity index (χ1n) is 9.76. The highest BCUT2D eigenvalue weighted by Crippen LogP contribution is 2.27. The molecule has 2 amide bonds. The Balaban J connectivity index is 1.39. The van der Waals surface area contributed by atoms with Gasteiger partial charge in [0.2, 0.25) is 11.8 Å². The zero-order valence-corrected chi connectivity index (χ0v) is 16.9. The van der Waals surface area contributed by atoms with E-state index in [4.69, 9.17) is 4.42 Å². The van der Waals surface area contributed by atoms with Gasteiger partial charge in [-0.05, 0) is 47.7 Å².